The molecule has 1 atom stereocenters. The van der Waals surface area contributed by atoms with Crippen LogP contribution in [0.15, 0.2) is 36.5 Å². The van der Waals surface area contributed by atoms with Crippen molar-refractivity contribution < 1.29 is 14.4 Å². The zero-order valence-electron chi connectivity index (χ0n) is 14.2. The average Bonchev–Trinajstić information content (AvgIpc) is 3.07. The number of carbonyl (C=O) groups is 2. The average molecular weight is 354 g/mol. The van der Waals surface area contributed by atoms with Crippen LogP contribution in [0, 0.1) is 0 Å². The van der Waals surface area contributed by atoms with Gasteiger partial charge in [-0.25, -0.2) is 20.2 Å². The first-order valence-corrected chi connectivity index (χ1v) is 8.28. The summed E-state index contributed by atoms with van der Waals surface area (Å²) >= 11 is 0. The number of nitrogens with zero attached hydrogens (tertiary/aromatic N) is 4. The molecule has 0 spiro atoms. The zero-order chi connectivity index (χ0) is 18.1. The lowest BCUT2D eigenvalue weighted by Crippen LogP contribution is -2.48. The van der Waals surface area contributed by atoms with Gasteiger partial charge in [0.05, 0.1) is 18.8 Å². The van der Waals surface area contributed by atoms with E-state index in [1.165, 1.54) is 7.11 Å². The summed E-state index contributed by atoms with van der Waals surface area (Å²) in [5, 5.41) is 2.80. The molecule has 0 aromatic carbocycles. The van der Waals surface area contributed by atoms with Crippen molar-refractivity contribution in [3.8, 4) is 0 Å². The molecule has 2 aliphatic rings. The van der Waals surface area contributed by atoms with Gasteiger partial charge in [0, 0.05) is 19.3 Å². The van der Waals surface area contributed by atoms with Crippen molar-refractivity contribution in [2.75, 3.05) is 35.3 Å². The highest BCUT2D eigenvalue weighted by molar-refractivity contribution is 6.04. The lowest BCUT2D eigenvalue weighted by molar-refractivity contribution is 0.0532. The number of rotatable bonds is 3. The number of hydroxylamine groups is 1. The van der Waals surface area contributed by atoms with Gasteiger partial charge < -0.3 is 4.90 Å². The summed E-state index contributed by atoms with van der Waals surface area (Å²) in [6.45, 7) is 1.59. The van der Waals surface area contributed by atoms with Gasteiger partial charge in [-0.3, -0.25) is 19.8 Å². The van der Waals surface area contributed by atoms with Gasteiger partial charge in [-0.15, -0.1) is 0 Å². The van der Waals surface area contributed by atoms with Gasteiger partial charge >= 0.3 is 6.03 Å². The Balaban J connectivity index is 1.68. The fourth-order valence-corrected chi connectivity index (χ4v) is 3.35. The monoisotopic (exact) mass is 354 g/mol. The van der Waals surface area contributed by atoms with Crippen LogP contribution in [0.2, 0.25) is 0 Å². The molecule has 0 unspecified atom stereocenters. The van der Waals surface area contributed by atoms with Gasteiger partial charge in [-0.2, -0.15) is 0 Å². The number of amides is 3. The fraction of sp³-hybridized carbons (Fsp3) is 0.294. The lowest BCUT2D eigenvalue weighted by Gasteiger charge is -2.35. The molecule has 1 saturated heterocycles. The Morgan fingerprint density at radius 3 is 2.92 bits per heavy atom. The predicted octanol–water partition coefficient (Wildman–Crippen LogP) is 1.40. The molecule has 9 nitrogen and oxygen atoms in total. The molecule has 4 heterocycles. The van der Waals surface area contributed by atoms with E-state index in [0.29, 0.717) is 11.6 Å². The van der Waals surface area contributed by atoms with Crippen LogP contribution in [0.4, 0.5) is 22.1 Å². The van der Waals surface area contributed by atoms with Crippen LogP contribution < -0.4 is 20.6 Å². The van der Waals surface area contributed by atoms with Gasteiger partial charge in [0.2, 0.25) is 0 Å². The third-order valence-corrected chi connectivity index (χ3v) is 4.50. The number of urea groups is 1. The number of hydrogen-bond acceptors (Lipinski definition) is 6. The summed E-state index contributed by atoms with van der Waals surface area (Å²) in [7, 11) is 1.36. The Morgan fingerprint density at radius 1 is 1.27 bits per heavy atom. The zero-order valence-corrected chi connectivity index (χ0v) is 14.2. The molecule has 2 aromatic heterocycles. The molecule has 134 valence electrons. The third kappa shape index (κ3) is 2.82. The fourth-order valence-electron chi connectivity index (χ4n) is 3.35. The summed E-state index contributed by atoms with van der Waals surface area (Å²) in [6.07, 6.45) is 2.45. The number of anilines is 3. The molecule has 0 saturated carbocycles. The standard InChI is InChI=1S/C17H18N6O3/c1-26-21-16(24)12-5-6-13-15(19-12)23(11-7-9-22(13)10-11)17(25)20-14-4-2-3-8-18-14/h2-6,8,11H,7,9-10H2,1H3,(H,21,24)(H,18,20,25)/t11-/m0/s1. The van der Waals surface area contributed by atoms with Gasteiger partial charge in [-0.1, -0.05) is 6.07 Å². The van der Waals surface area contributed by atoms with Gasteiger partial charge in [-0.05, 0) is 30.7 Å². The second-order valence-electron chi connectivity index (χ2n) is 6.08. The Kier molecular flexibility index (Phi) is 4.13. The minimum atomic E-state index is -0.465. The molecule has 0 radical (unpaired) electrons. The van der Waals surface area contributed by atoms with Gasteiger partial charge in [0.1, 0.15) is 11.5 Å². The van der Waals surface area contributed by atoms with Crippen LogP contribution in [-0.2, 0) is 4.84 Å². The maximum Gasteiger partial charge on any atom is 0.329 e. The molecular weight excluding hydrogens is 336 g/mol. The normalized spacial score (nSPS) is 17.7. The molecule has 2 bridgehead atoms. The van der Waals surface area contributed by atoms with Crippen molar-refractivity contribution in [1.82, 2.24) is 15.4 Å². The van der Waals surface area contributed by atoms with Gasteiger partial charge in [0.15, 0.2) is 5.82 Å². The van der Waals surface area contributed by atoms with E-state index < -0.39 is 5.91 Å². The molecule has 3 amide bonds. The molecule has 1 fully saturated rings. The summed E-state index contributed by atoms with van der Waals surface area (Å²) in [5.74, 6) is 0.469. The van der Waals surface area contributed by atoms with E-state index in [4.69, 9.17) is 0 Å². The van der Waals surface area contributed by atoms with Crippen molar-refractivity contribution in [3.63, 3.8) is 0 Å². The number of aromatic nitrogens is 2. The third-order valence-electron chi connectivity index (χ3n) is 4.50. The largest absolute Gasteiger partial charge is 0.366 e. The van der Waals surface area contributed by atoms with Crippen LogP contribution in [0.5, 0.6) is 0 Å². The Labute approximate surface area is 149 Å². The Bertz CT molecular complexity index is 844. The molecule has 2 aromatic rings. The molecule has 2 N–H and O–H groups in total. The lowest BCUT2D eigenvalue weighted by atomic mass is 10.1. The highest BCUT2D eigenvalue weighted by atomic mass is 16.6. The highest BCUT2D eigenvalue weighted by Gasteiger charge is 2.40. The van der Waals surface area contributed by atoms with E-state index in [1.54, 1.807) is 35.4 Å². The minimum Gasteiger partial charge on any atom is -0.366 e. The van der Waals surface area contributed by atoms with Gasteiger partial charge in [0.25, 0.3) is 5.91 Å². The van der Waals surface area contributed by atoms with Crippen molar-refractivity contribution in [1.29, 1.82) is 0 Å². The van der Waals surface area contributed by atoms with Crippen LogP contribution in [0.1, 0.15) is 16.9 Å². The van der Waals surface area contributed by atoms with E-state index in [9.17, 15) is 9.59 Å². The highest BCUT2D eigenvalue weighted by Crippen LogP contribution is 2.39. The summed E-state index contributed by atoms with van der Waals surface area (Å²) < 4.78 is 0. The van der Waals surface area contributed by atoms with Crippen LogP contribution >= 0.6 is 0 Å². The second-order valence-corrected chi connectivity index (χ2v) is 6.08. The summed E-state index contributed by atoms with van der Waals surface area (Å²) in [6, 6.07) is 8.43. The summed E-state index contributed by atoms with van der Waals surface area (Å²) in [5.41, 5.74) is 3.27. The molecular formula is C17H18N6O3. The van der Waals surface area contributed by atoms with Crippen molar-refractivity contribution in [3.05, 3.63) is 42.2 Å². The first-order valence-electron chi connectivity index (χ1n) is 8.28. The minimum absolute atomic E-state index is 0.000511. The second kappa shape index (κ2) is 6.60. The quantitative estimate of drug-likeness (QED) is 0.808. The number of fused-ring (bicyclic) bond motifs is 4. The smallest absolute Gasteiger partial charge is 0.329 e. The van der Waals surface area contributed by atoms with Crippen molar-refractivity contribution in [2.24, 2.45) is 0 Å². The maximum atomic E-state index is 12.9. The molecule has 4 rings (SSSR count). The molecule has 0 aliphatic carbocycles. The molecule has 2 aliphatic heterocycles. The van der Waals surface area contributed by atoms with E-state index in [-0.39, 0.29) is 17.8 Å². The Hall–Kier alpha value is -3.20. The topological polar surface area (TPSA) is 99.7 Å². The van der Waals surface area contributed by atoms with Crippen LogP contribution in [-0.4, -0.2) is 48.1 Å². The Morgan fingerprint density at radius 2 is 2.15 bits per heavy atom. The maximum absolute atomic E-state index is 12.9. The predicted molar refractivity (Wildman–Crippen MR) is 95.1 cm³/mol. The van der Waals surface area contributed by atoms with Crippen molar-refractivity contribution >= 4 is 29.3 Å². The molecule has 26 heavy (non-hydrogen) atoms. The summed E-state index contributed by atoms with van der Waals surface area (Å²) in [4.78, 5) is 42.0. The number of hydrogen-bond donors (Lipinski definition) is 2. The first-order chi connectivity index (χ1) is 12.7. The number of nitrogens with one attached hydrogen (secondary N) is 2. The SMILES string of the molecule is CONC(=O)c1ccc2c(n1)N(C(=O)Nc1ccccn1)[C@H]1CCN2C1. The molecule has 9 heteroatoms. The van der Waals surface area contributed by atoms with Crippen LogP contribution in [0.25, 0.3) is 0 Å². The number of carbonyl (C=O) groups excluding carboxylic acids is 2. The van der Waals surface area contributed by atoms with Crippen molar-refractivity contribution in [2.45, 2.75) is 12.5 Å². The van der Waals surface area contributed by atoms with E-state index in [1.807, 2.05) is 6.07 Å². The van der Waals surface area contributed by atoms with E-state index in [0.717, 1.165) is 25.2 Å². The number of pyridine rings is 2. The van der Waals surface area contributed by atoms with E-state index >= 15 is 0 Å². The first kappa shape index (κ1) is 16.3. The van der Waals surface area contributed by atoms with Crippen LogP contribution in [0.3, 0.4) is 0 Å². The van der Waals surface area contributed by atoms with E-state index in [2.05, 4.69) is 30.5 Å².